The van der Waals surface area contributed by atoms with Crippen molar-refractivity contribution in [2.45, 2.75) is 13.0 Å². The normalized spacial score (nSPS) is 10.1. The van der Waals surface area contributed by atoms with E-state index in [1.165, 1.54) is 18.3 Å². The van der Waals surface area contributed by atoms with Crippen molar-refractivity contribution in [3.8, 4) is 5.75 Å². The molecule has 0 aliphatic carbocycles. The third kappa shape index (κ3) is 4.35. The van der Waals surface area contributed by atoms with Gasteiger partial charge in [0.05, 0.1) is 25.3 Å². The van der Waals surface area contributed by atoms with Gasteiger partial charge in [-0.1, -0.05) is 18.2 Å². The summed E-state index contributed by atoms with van der Waals surface area (Å²) in [5, 5.41) is 2.60. The lowest BCUT2D eigenvalue weighted by Crippen LogP contribution is -2.25. The maximum Gasteiger partial charge on any atom is 0.223 e. The predicted molar refractivity (Wildman–Crippen MR) is 72.6 cm³/mol. The zero-order valence-electron chi connectivity index (χ0n) is 10.9. The van der Waals surface area contributed by atoms with E-state index in [2.05, 4.69) is 10.3 Å². The lowest BCUT2D eigenvalue weighted by atomic mass is 10.3. The van der Waals surface area contributed by atoms with Crippen LogP contribution in [0.1, 0.15) is 12.1 Å². The van der Waals surface area contributed by atoms with Crippen molar-refractivity contribution in [3.63, 3.8) is 0 Å². The number of para-hydroxylation sites is 1. The Kier molecular flexibility index (Phi) is 5.06. The molecule has 1 N–H and O–H groups in total. The molecule has 1 aromatic carbocycles. The Labute approximate surface area is 116 Å². The van der Waals surface area contributed by atoms with Gasteiger partial charge in [-0.25, -0.2) is 4.39 Å². The van der Waals surface area contributed by atoms with Crippen LogP contribution in [-0.2, 0) is 11.3 Å². The largest absolute Gasteiger partial charge is 0.493 e. The molecule has 0 bridgehead atoms. The number of carbonyl (C=O) groups excluding carboxylic acids is 1. The first-order valence-electron chi connectivity index (χ1n) is 6.29. The molecule has 1 amide bonds. The van der Waals surface area contributed by atoms with Crippen LogP contribution in [-0.4, -0.2) is 17.5 Å². The smallest absolute Gasteiger partial charge is 0.223 e. The fourth-order valence-electron chi connectivity index (χ4n) is 1.60. The molecule has 0 atom stereocenters. The summed E-state index contributed by atoms with van der Waals surface area (Å²) >= 11 is 0. The molecular formula is C15H15FN2O2. The topological polar surface area (TPSA) is 51.2 Å². The predicted octanol–water partition coefficient (Wildman–Crippen LogP) is 2.31. The number of nitrogens with zero attached hydrogens (tertiary/aromatic N) is 1. The number of rotatable bonds is 6. The molecule has 20 heavy (non-hydrogen) atoms. The Bertz CT molecular complexity index is 561. The molecule has 4 nitrogen and oxygen atoms in total. The molecule has 0 unspecified atom stereocenters. The van der Waals surface area contributed by atoms with Crippen molar-refractivity contribution in [3.05, 3.63) is 60.2 Å². The number of amides is 1. The summed E-state index contributed by atoms with van der Waals surface area (Å²) in [6, 6.07) is 12.1. The van der Waals surface area contributed by atoms with Crippen LogP contribution in [0.4, 0.5) is 4.39 Å². The zero-order valence-corrected chi connectivity index (χ0v) is 10.9. The summed E-state index contributed by atoms with van der Waals surface area (Å²) in [4.78, 5) is 15.4. The minimum Gasteiger partial charge on any atom is -0.493 e. The maximum atomic E-state index is 13.3. The lowest BCUT2D eigenvalue weighted by molar-refractivity contribution is -0.121. The van der Waals surface area contributed by atoms with Crippen LogP contribution in [0.5, 0.6) is 5.75 Å². The number of halogens is 1. The average Bonchev–Trinajstić information content (AvgIpc) is 2.47. The molecule has 0 aliphatic rings. The second kappa shape index (κ2) is 7.23. The number of ether oxygens (including phenoxy) is 1. The van der Waals surface area contributed by atoms with Gasteiger partial charge in [0.2, 0.25) is 5.91 Å². The molecular weight excluding hydrogens is 259 g/mol. The summed E-state index contributed by atoms with van der Waals surface area (Å²) in [6.45, 7) is 0.359. The summed E-state index contributed by atoms with van der Waals surface area (Å²) in [5.41, 5.74) is 0.227. The van der Waals surface area contributed by atoms with Gasteiger partial charge in [0, 0.05) is 6.20 Å². The van der Waals surface area contributed by atoms with Crippen LogP contribution >= 0.6 is 0 Å². The zero-order chi connectivity index (χ0) is 14.2. The number of carbonyl (C=O) groups is 1. The van der Waals surface area contributed by atoms with Gasteiger partial charge >= 0.3 is 0 Å². The molecule has 5 heteroatoms. The van der Waals surface area contributed by atoms with Gasteiger partial charge in [-0.3, -0.25) is 9.78 Å². The molecule has 0 saturated heterocycles. The highest BCUT2D eigenvalue weighted by atomic mass is 19.1. The molecule has 0 radical (unpaired) electrons. The van der Waals surface area contributed by atoms with Gasteiger partial charge in [-0.15, -0.1) is 0 Å². The van der Waals surface area contributed by atoms with Crippen LogP contribution in [0.2, 0.25) is 0 Å². The van der Waals surface area contributed by atoms with E-state index in [0.717, 1.165) is 5.75 Å². The Balaban J connectivity index is 1.70. The van der Waals surface area contributed by atoms with Crippen LogP contribution in [0.25, 0.3) is 0 Å². The van der Waals surface area contributed by atoms with Crippen molar-refractivity contribution in [2.75, 3.05) is 6.61 Å². The molecule has 2 rings (SSSR count). The van der Waals surface area contributed by atoms with Crippen LogP contribution in [0.3, 0.4) is 0 Å². The van der Waals surface area contributed by atoms with E-state index >= 15 is 0 Å². The molecule has 104 valence electrons. The monoisotopic (exact) mass is 274 g/mol. The highest BCUT2D eigenvalue weighted by molar-refractivity contribution is 5.75. The van der Waals surface area contributed by atoms with E-state index in [1.807, 2.05) is 30.3 Å². The van der Waals surface area contributed by atoms with Gasteiger partial charge < -0.3 is 10.1 Å². The van der Waals surface area contributed by atoms with E-state index in [9.17, 15) is 9.18 Å². The molecule has 0 aliphatic heterocycles. The SMILES string of the molecule is O=C(CCOc1ccccc1)NCc1ncccc1F. The van der Waals surface area contributed by atoms with Gasteiger partial charge in [0.25, 0.3) is 0 Å². The first-order chi connectivity index (χ1) is 9.75. The molecule has 1 heterocycles. The highest BCUT2D eigenvalue weighted by Gasteiger charge is 2.05. The van der Waals surface area contributed by atoms with Gasteiger partial charge in [0.15, 0.2) is 0 Å². The summed E-state index contributed by atoms with van der Waals surface area (Å²) in [5.74, 6) is 0.0930. The number of nitrogens with one attached hydrogen (secondary N) is 1. The molecule has 0 fully saturated rings. The molecule has 0 spiro atoms. The van der Waals surface area contributed by atoms with E-state index in [0.29, 0.717) is 0 Å². The van der Waals surface area contributed by atoms with Crippen molar-refractivity contribution in [1.82, 2.24) is 10.3 Å². The number of aromatic nitrogens is 1. The average molecular weight is 274 g/mol. The maximum absolute atomic E-state index is 13.3. The second-order valence-electron chi connectivity index (χ2n) is 4.12. The Morgan fingerprint density at radius 3 is 2.75 bits per heavy atom. The Morgan fingerprint density at radius 1 is 1.20 bits per heavy atom. The first-order valence-corrected chi connectivity index (χ1v) is 6.29. The van der Waals surface area contributed by atoms with E-state index in [4.69, 9.17) is 4.74 Å². The number of hydrogen-bond donors (Lipinski definition) is 1. The van der Waals surface area contributed by atoms with Gasteiger partial charge in [-0.2, -0.15) is 0 Å². The standard InChI is InChI=1S/C15H15FN2O2/c16-13-7-4-9-17-14(13)11-18-15(19)8-10-20-12-5-2-1-3-6-12/h1-7,9H,8,10-11H2,(H,18,19). The minimum atomic E-state index is -0.423. The van der Waals surface area contributed by atoms with E-state index < -0.39 is 5.82 Å². The van der Waals surface area contributed by atoms with Crippen LogP contribution in [0.15, 0.2) is 48.7 Å². The lowest BCUT2D eigenvalue weighted by Gasteiger charge is -2.07. The number of pyridine rings is 1. The summed E-state index contributed by atoms with van der Waals surface area (Å²) in [6.07, 6.45) is 1.70. The summed E-state index contributed by atoms with van der Waals surface area (Å²) < 4.78 is 18.7. The quantitative estimate of drug-likeness (QED) is 0.879. The van der Waals surface area contributed by atoms with E-state index in [1.54, 1.807) is 0 Å². The second-order valence-corrected chi connectivity index (χ2v) is 4.12. The van der Waals surface area contributed by atoms with Gasteiger partial charge in [0.1, 0.15) is 11.6 Å². The molecule has 2 aromatic rings. The van der Waals surface area contributed by atoms with Crippen molar-refractivity contribution >= 4 is 5.91 Å². The Hall–Kier alpha value is -2.43. The fourth-order valence-corrected chi connectivity index (χ4v) is 1.60. The molecule has 1 aromatic heterocycles. The van der Waals surface area contributed by atoms with Crippen LogP contribution < -0.4 is 10.1 Å². The third-order valence-corrected chi connectivity index (χ3v) is 2.63. The first kappa shape index (κ1) is 14.0. The highest BCUT2D eigenvalue weighted by Crippen LogP contribution is 2.08. The van der Waals surface area contributed by atoms with Crippen molar-refractivity contribution in [1.29, 1.82) is 0 Å². The minimum absolute atomic E-state index is 0.0802. The Morgan fingerprint density at radius 2 is 2.00 bits per heavy atom. The van der Waals surface area contributed by atoms with Crippen molar-refractivity contribution < 1.29 is 13.9 Å². The van der Waals surface area contributed by atoms with E-state index in [-0.39, 0.29) is 31.2 Å². The fraction of sp³-hybridized carbons (Fsp3) is 0.200. The molecule has 0 saturated carbocycles. The van der Waals surface area contributed by atoms with Gasteiger partial charge in [-0.05, 0) is 24.3 Å². The third-order valence-electron chi connectivity index (χ3n) is 2.63. The summed E-state index contributed by atoms with van der Waals surface area (Å²) in [7, 11) is 0. The number of hydrogen-bond acceptors (Lipinski definition) is 3. The number of benzene rings is 1. The van der Waals surface area contributed by atoms with Crippen LogP contribution in [0, 0.1) is 5.82 Å². The van der Waals surface area contributed by atoms with Crippen molar-refractivity contribution in [2.24, 2.45) is 0 Å².